The van der Waals surface area contributed by atoms with Crippen LogP contribution in [0.15, 0.2) is 4.99 Å². The van der Waals surface area contributed by atoms with Gasteiger partial charge in [-0.05, 0) is 31.6 Å². The molecule has 1 aromatic heterocycles. The van der Waals surface area contributed by atoms with Crippen molar-refractivity contribution < 1.29 is 4.74 Å². The summed E-state index contributed by atoms with van der Waals surface area (Å²) >= 11 is 0. The third-order valence-corrected chi connectivity index (χ3v) is 5.54. The van der Waals surface area contributed by atoms with Gasteiger partial charge in [-0.25, -0.2) is 4.99 Å². The molecular weight excluding hydrogens is 431 g/mol. The van der Waals surface area contributed by atoms with Gasteiger partial charge in [0.2, 0.25) is 0 Å². The molecule has 3 rings (SSSR count). The predicted molar refractivity (Wildman–Crippen MR) is 109 cm³/mol. The number of nitrogens with one attached hydrogen (secondary N) is 1. The van der Waals surface area contributed by atoms with Crippen LogP contribution in [0, 0.1) is 12.3 Å². The number of aryl methyl sites for hydroxylation is 1. The first-order chi connectivity index (χ1) is 11.6. The second-order valence-electron chi connectivity index (χ2n) is 7.16. The van der Waals surface area contributed by atoms with E-state index < -0.39 is 0 Å². The van der Waals surface area contributed by atoms with Gasteiger partial charge in [-0.2, -0.15) is 0 Å². The van der Waals surface area contributed by atoms with Gasteiger partial charge in [-0.1, -0.05) is 12.8 Å². The zero-order chi connectivity index (χ0) is 17.0. The molecular formula is C17H31IN6O. The van der Waals surface area contributed by atoms with E-state index in [4.69, 9.17) is 9.73 Å². The molecule has 2 aliphatic rings. The molecule has 0 bridgehead atoms. The van der Waals surface area contributed by atoms with Gasteiger partial charge in [0.25, 0.3) is 0 Å². The van der Waals surface area contributed by atoms with Crippen molar-refractivity contribution in [3.63, 3.8) is 0 Å². The van der Waals surface area contributed by atoms with Crippen LogP contribution in [0.25, 0.3) is 0 Å². The molecule has 0 amide bonds. The van der Waals surface area contributed by atoms with E-state index in [-0.39, 0.29) is 24.0 Å². The Hall–Kier alpha value is -0.900. The van der Waals surface area contributed by atoms with E-state index >= 15 is 0 Å². The SMILES string of the molecule is COCCNC(=NCc1nnc(C)n1C)N1CCC2(CCCC2)C1.I. The number of rotatable bonds is 5. The van der Waals surface area contributed by atoms with Crippen molar-refractivity contribution in [1.29, 1.82) is 0 Å². The van der Waals surface area contributed by atoms with E-state index in [0.29, 0.717) is 18.6 Å². The summed E-state index contributed by atoms with van der Waals surface area (Å²) in [5.74, 6) is 2.80. The first-order valence-electron chi connectivity index (χ1n) is 9.01. The number of ether oxygens (including phenoxy) is 1. The van der Waals surface area contributed by atoms with Crippen LogP contribution in [0.3, 0.4) is 0 Å². The third kappa shape index (κ3) is 4.84. The molecule has 1 saturated carbocycles. The minimum Gasteiger partial charge on any atom is -0.383 e. The van der Waals surface area contributed by atoms with E-state index in [1.807, 2.05) is 18.5 Å². The number of methoxy groups -OCH3 is 1. The van der Waals surface area contributed by atoms with E-state index in [1.54, 1.807) is 7.11 Å². The largest absolute Gasteiger partial charge is 0.383 e. The van der Waals surface area contributed by atoms with Crippen molar-refractivity contribution >= 4 is 29.9 Å². The molecule has 1 saturated heterocycles. The number of likely N-dealkylation sites (tertiary alicyclic amines) is 1. The molecule has 8 heteroatoms. The lowest BCUT2D eigenvalue weighted by molar-refractivity contribution is 0.202. The normalized spacial score (nSPS) is 19.5. The second kappa shape index (κ2) is 9.16. The summed E-state index contributed by atoms with van der Waals surface area (Å²) in [4.78, 5) is 7.25. The Kier molecular flexibility index (Phi) is 7.48. The average Bonchev–Trinajstić information content (AvgIpc) is 3.29. The van der Waals surface area contributed by atoms with Gasteiger partial charge in [0.1, 0.15) is 12.4 Å². The Bertz CT molecular complexity index is 582. The fraction of sp³-hybridized carbons (Fsp3) is 0.824. The van der Waals surface area contributed by atoms with Crippen molar-refractivity contribution in [3.05, 3.63) is 11.6 Å². The van der Waals surface area contributed by atoms with Gasteiger partial charge in [-0.3, -0.25) is 0 Å². The average molecular weight is 462 g/mol. The van der Waals surface area contributed by atoms with Gasteiger partial charge in [0, 0.05) is 33.8 Å². The van der Waals surface area contributed by atoms with Crippen LogP contribution in [0.5, 0.6) is 0 Å². The monoisotopic (exact) mass is 462 g/mol. The molecule has 1 aliphatic carbocycles. The number of hydrogen-bond acceptors (Lipinski definition) is 4. The highest BCUT2D eigenvalue weighted by Crippen LogP contribution is 2.45. The number of guanidine groups is 1. The molecule has 25 heavy (non-hydrogen) atoms. The zero-order valence-electron chi connectivity index (χ0n) is 15.6. The van der Waals surface area contributed by atoms with Crippen LogP contribution in [-0.2, 0) is 18.3 Å². The van der Waals surface area contributed by atoms with Crippen molar-refractivity contribution in [2.24, 2.45) is 17.5 Å². The molecule has 2 heterocycles. The Labute approximate surface area is 167 Å². The van der Waals surface area contributed by atoms with E-state index in [1.165, 1.54) is 32.1 Å². The lowest BCUT2D eigenvalue weighted by atomic mass is 9.86. The summed E-state index contributed by atoms with van der Waals surface area (Å²) < 4.78 is 7.17. The summed E-state index contributed by atoms with van der Waals surface area (Å²) in [6.07, 6.45) is 6.81. The fourth-order valence-electron chi connectivity index (χ4n) is 3.92. The maximum Gasteiger partial charge on any atom is 0.194 e. The maximum atomic E-state index is 5.17. The first kappa shape index (κ1) is 20.4. The smallest absolute Gasteiger partial charge is 0.194 e. The molecule has 142 valence electrons. The highest BCUT2D eigenvalue weighted by atomic mass is 127. The number of halogens is 1. The van der Waals surface area contributed by atoms with Crippen LogP contribution < -0.4 is 5.32 Å². The fourth-order valence-corrected chi connectivity index (χ4v) is 3.92. The molecule has 1 aliphatic heterocycles. The predicted octanol–water partition coefficient (Wildman–Crippen LogP) is 2.10. The van der Waals surface area contributed by atoms with Crippen LogP contribution in [-0.4, -0.2) is 59.0 Å². The molecule has 0 radical (unpaired) electrons. The molecule has 1 aromatic rings. The second-order valence-corrected chi connectivity index (χ2v) is 7.16. The molecule has 0 atom stereocenters. The van der Waals surface area contributed by atoms with Crippen LogP contribution in [0.1, 0.15) is 43.8 Å². The number of aromatic nitrogens is 3. The Balaban J connectivity index is 0.00000225. The Morgan fingerprint density at radius 1 is 1.28 bits per heavy atom. The lowest BCUT2D eigenvalue weighted by Gasteiger charge is -2.26. The van der Waals surface area contributed by atoms with E-state index in [9.17, 15) is 0 Å². The quantitative estimate of drug-likeness (QED) is 0.314. The topological polar surface area (TPSA) is 67.6 Å². The summed E-state index contributed by atoms with van der Waals surface area (Å²) in [6.45, 7) is 6.19. The Morgan fingerprint density at radius 2 is 2.04 bits per heavy atom. The van der Waals surface area contributed by atoms with Gasteiger partial charge in [-0.15, -0.1) is 34.2 Å². The minimum absolute atomic E-state index is 0. The molecule has 2 fully saturated rings. The summed E-state index contributed by atoms with van der Waals surface area (Å²) in [6, 6.07) is 0. The van der Waals surface area contributed by atoms with Gasteiger partial charge in [0.05, 0.1) is 6.61 Å². The van der Waals surface area contributed by atoms with Crippen molar-refractivity contribution in [2.75, 3.05) is 33.4 Å². The highest BCUT2D eigenvalue weighted by molar-refractivity contribution is 14.0. The molecule has 1 N–H and O–H groups in total. The van der Waals surface area contributed by atoms with Crippen molar-refractivity contribution in [2.45, 2.75) is 45.6 Å². The highest BCUT2D eigenvalue weighted by Gasteiger charge is 2.41. The van der Waals surface area contributed by atoms with Crippen LogP contribution in [0.4, 0.5) is 0 Å². The number of nitrogens with zero attached hydrogens (tertiary/aromatic N) is 5. The molecule has 0 unspecified atom stereocenters. The Morgan fingerprint density at radius 3 is 2.68 bits per heavy atom. The van der Waals surface area contributed by atoms with Crippen LogP contribution in [0.2, 0.25) is 0 Å². The lowest BCUT2D eigenvalue weighted by Crippen LogP contribution is -2.42. The van der Waals surface area contributed by atoms with Gasteiger partial charge >= 0.3 is 0 Å². The van der Waals surface area contributed by atoms with E-state index in [0.717, 1.165) is 37.2 Å². The van der Waals surface area contributed by atoms with Crippen molar-refractivity contribution in [1.82, 2.24) is 25.0 Å². The van der Waals surface area contributed by atoms with E-state index in [2.05, 4.69) is 20.4 Å². The van der Waals surface area contributed by atoms with Gasteiger partial charge in [0.15, 0.2) is 11.8 Å². The first-order valence-corrected chi connectivity index (χ1v) is 9.01. The molecule has 0 aromatic carbocycles. The minimum atomic E-state index is 0. The molecule has 7 nitrogen and oxygen atoms in total. The van der Waals surface area contributed by atoms with Crippen LogP contribution >= 0.6 is 24.0 Å². The summed E-state index contributed by atoms with van der Waals surface area (Å²) in [5, 5.41) is 11.8. The number of hydrogen-bond donors (Lipinski definition) is 1. The standard InChI is InChI=1S/C17H30N6O.HI/c1-14-20-21-15(22(14)2)12-19-16(18-9-11-24-3)23-10-8-17(13-23)6-4-5-7-17;/h4-13H2,1-3H3,(H,18,19);1H. The maximum absolute atomic E-state index is 5.17. The summed E-state index contributed by atoms with van der Waals surface area (Å²) in [5.41, 5.74) is 0.533. The molecule has 1 spiro atoms. The van der Waals surface area contributed by atoms with Gasteiger partial charge < -0.3 is 19.5 Å². The zero-order valence-corrected chi connectivity index (χ0v) is 18.0. The van der Waals surface area contributed by atoms with Crippen molar-refractivity contribution in [3.8, 4) is 0 Å². The number of aliphatic imine (C=N–C) groups is 1. The third-order valence-electron chi connectivity index (χ3n) is 5.54. The summed E-state index contributed by atoms with van der Waals surface area (Å²) in [7, 11) is 3.71.